The minimum atomic E-state index is -0.548. The van der Waals surface area contributed by atoms with Crippen molar-refractivity contribution in [1.82, 2.24) is 15.5 Å². The fourth-order valence-electron chi connectivity index (χ4n) is 3.10. The molecule has 1 atom stereocenters. The predicted molar refractivity (Wildman–Crippen MR) is 111 cm³/mol. The molecule has 1 aromatic heterocycles. The van der Waals surface area contributed by atoms with E-state index in [0.717, 1.165) is 17.5 Å². The van der Waals surface area contributed by atoms with Crippen LogP contribution in [-0.4, -0.2) is 16.7 Å². The topological polar surface area (TPSA) is 51.0 Å². The van der Waals surface area contributed by atoms with Crippen molar-refractivity contribution in [2.45, 2.75) is 12.5 Å². The average molecular weight is 408 g/mol. The Labute approximate surface area is 173 Å². The van der Waals surface area contributed by atoms with Crippen molar-refractivity contribution >= 4 is 11.6 Å². The first-order valence-electron chi connectivity index (χ1n) is 9.32. The minimum Gasteiger partial charge on any atom is -0.419 e. The molecule has 4 rings (SSSR count). The molecule has 0 aliphatic heterocycles. The highest BCUT2D eigenvalue weighted by Gasteiger charge is 2.23. The zero-order valence-electron chi connectivity index (χ0n) is 15.6. The van der Waals surface area contributed by atoms with Crippen LogP contribution in [0.3, 0.4) is 0 Å². The lowest BCUT2D eigenvalue weighted by Crippen LogP contribution is -2.26. The number of halogens is 2. The van der Waals surface area contributed by atoms with Crippen molar-refractivity contribution in [3.8, 4) is 11.5 Å². The van der Waals surface area contributed by atoms with E-state index >= 15 is 0 Å². The molecule has 6 heteroatoms. The minimum absolute atomic E-state index is 0.323. The van der Waals surface area contributed by atoms with Crippen LogP contribution in [-0.2, 0) is 6.42 Å². The van der Waals surface area contributed by atoms with Crippen LogP contribution in [0, 0.1) is 5.82 Å². The maximum absolute atomic E-state index is 14.5. The largest absolute Gasteiger partial charge is 0.419 e. The Balaban J connectivity index is 1.57. The average Bonchev–Trinajstić information content (AvgIpc) is 3.24. The second-order valence-electron chi connectivity index (χ2n) is 6.60. The van der Waals surface area contributed by atoms with E-state index in [1.54, 1.807) is 18.2 Å². The van der Waals surface area contributed by atoms with E-state index in [4.69, 9.17) is 16.0 Å². The third-order valence-electron chi connectivity index (χ3n) is 4.60. The third kappa shape index (κ3) is 4.70. The second kappa shape index (κ2) is 8.99. The number of nitrogens with one attached hydrogen (secondary N) is 1. The van der Waals surface area contributed by atoms with E-state index in [9.17, 15) is 4.39 Å². The Morgan fingerprint density at radius 3 is 2.38 bits per heavy atom. The molecule has 1 N–H and O–H groups in total. The molecule has 4 aromatic rings. The first kappa shape index (κ1) is 19.3. The van der Waals surface area contributed by atoms with Crippen molar-refractivity contribution in [3.63, 3.8) is 0 Å². The summed E-state index contributed by atoms with van der Waals surface area (Å²) in [4.78, 5) is 0. The SMILES string of the molecule is Fc1ccccc1[C@@H](NCCc1ccc(Cl)cc1)c1nnc(-c2ccccc2)o1. The summed E-state index contributed by atoms with van der Waals surface area (Å²) in [6.45, 7) is 0.601. The summed E-state index contributed by atoms with van der Waals surface area (Å²) in [5.74, 6) is 0.405. The molecule has 0 saturated heterocycles. The summed E-state index contributed by atoms with van der Waals surface area (Å²) in [7, 11) is 0. The van der Waals surface area contributed by atoms with E-state index in [1.165, 1.54) is 6.07 Å². The van der Waals surface area contributed by atoms with Crippen LogP contribution in [0.4, 0.5) is 4.39 Å². The first-order chi connectivity index (χ1) is 14.2. The highest BCUT2D eigenvalue weighted by atomic mass is 35.5. The number of nitrogens with zero attached hydrogens (tertiary/aromatic N) is 2. The van der Waals surface area contributed by atoms with Gasteiger partial charge in [-0.05, 0) is 42.3 Å². The highest BCUT2D eigenvalue weighted by Crippen LogP contribution is 2.26. The molecule has 0 saturated carbocycles. The molecule has 29 heavy (non-hydrogen) atoms. The van der Waals surface area contributed by atoms with Gasteiger partial charge < -0.3 is 9.73 Å². The Kier molecular flexibility index (Phi) is 5.98. The monoisotopic (exact) mass is 407 g/mol. The van der Waals surface area contributed by atoms with Crippen molar-refractivity contribution in [3.05, 3.63) is 107 Å². The lowest BCUT2D eigenvalue weighted by Gasteiger charge is -2.16. The van der Waals surface area contributed by atoms with Crippen LogP contribution in [0.5, 0.6) is 0 Å². The van der Waals surface area contributed by atoms with Gasteiger partial charge in [-0.3, -0.25) is 0 Å². The summed E-state index contributed by atoms with van der Waals surface area (Å²) in [6.07, 6.45) is 0.752. The fraction of sp³-hybridized carbons (Fsp3) is 0.130. The van der Waals surface area contributed by atoms with Gasteiger partial charge in [0.1, 0.15) is 11.9 Å². The van der Waals surface area contributed by atoms with E-state index in [2.05, 4.69) is 15.5 Å². The van der Waals surface area contributed by atoms with Gasteiger partial charge in [0.15, 0.2) is 0 Å². The van der Waals surface area contributed by atoms with Gasteiger partial charge in [-0.25, -0.2) is 4.39 Å². The number of benzene rings is 3. The molecule has 0 aliphatic carbocycles. The molecule has 1 heterocycles. The molecule has 0 bridgehead atoms. The summed E-state index contributed by atoms with van der Waals surface area (Å²) < 4.78 is 20.4. The maximum atomic E-state index is 14.5. The van der Waals surface area contributed by atoms with Gasteiger partial charge in [0.25, 0.3) is 0 Å². The summed E-state index contributed by atoms with van der Waals surface area (Å²) in [5.41, 5.74) is 2.41. The molecule has 0 aliphatic rings. The molecule has 0 spiro atoms. The van der Waals surface area contributed by atoms with Crippen molar-refractivity contribution in [1.29, 1.82) is 0 Å². The van der Waals surface area contributed by atoms with E-state index in [-0.39, 0.29) is 5.82 Å². The predicted octanol–water partition coefficient (Wildman–Crippen LogP) is 5.45. The zero-order chi connectivity index (χ0) is 20.1. The van der Waals surface area contributed by atoms with Crippen LogP contribution in [0.15, 0.2) is 83.3 Å². The van der Waals surface area contributed by atoms with Crippen LogP contribution in [0.2, 0.25) is 5.02 Å². The second-order valence-corrected chi connectivity index (χ2v) is 7.03. The Morgan fingerprint density at radius 1 is 0.897 bits per heavy atom. The van der Waals surface area contributed by atoms with Gasteiger partial charge in [-0.15, -0.1) is 10.2 Å². The summed E-state index contributed by atoms with van der Waals surface area (Å²) >= 11 is 5.94. The van der Waals surface area contributed by atoms with E-state index in [1.807, 2.05) is 54.6 Å². The van der Waals surface area contributed by atoms with Gasteiger partial charge in [0.05, 0.1) is 0 Å². The van der Waals surface area contributed by atoms with Crippen LogP contribution in [0.1, 0.15) is 23.1 Å². The van der Waals surface area contributed by atoms with Crippen LogP contribution >= 0.6 is 11.6 Å². The number of aromatic nitrogens is 2. The molecule has 0 unspecified atom stereocenters. The Morgan fingerprint density at radius 2 is 1.62 bits per heavy atom. The molecule has 146 valence electrons. The van der Waals surface area contributed by atoms with Crippen LogP contribution in [0.25, 0.3) is 11.5 Å². The van der Waals surface area contributed by atoms with Crippen LogP contribution < -0.4 is 5.32 Å². The van der Waals surface area contributed by atoms with Crippen molar-refractivity contribution < 1.29 is 8.81 Å². The van der Waals surface area contributed by atoms with Gasteiger partial charge in [-0.1, -0.05) is 60.1 Å². The standard InChI is InChI=1S/C23H19ClFN3O/c24-18-12-10-16(11-13-18)14-15-26-21(19-8-4-5-9-20(19)25)23-28-27-22(29-23)17-6-2-1-3-7-17/h1-13,21,26H,14-15H2/t21-/m1/s1. The maximum Gasteiger partial charge on any atom is 0.247 e. The smallest absolute Gasteiger partial charge is 0.247 e. The fourth-order valence-corrected chi connectivity index (χ4v) is 3.23. The van der Waals surface area contributed by atoms with Crippen molar-refractivity contribution in [2.24, 2.45) is 0 Å². The summed E-state index contributed by atoms with van der Waals surface area (Å²) in [6, 6.07) is 23.2. The summed E-state index contributed by atoms with van der Waals surface area (Å²) in [5, 5.41) is 12.4. The first-order valence-corrected chi connectivity index (χ1v) is 9.69. The highest BCUT2D eigenvalue weighted by molar-refractivity contribution is 6.30. The molecule has 0 fully saturated rings. The molecule has 0 amide bonds. The quantitative estimate of drug-likeness (QED) is 0.442. The van der Waals surface area contributed by atoms with Gasteiger partial charge in [0.2, 0.25) is 11.8 Å². The number of hydrogen-bond acceptors (Lipinski definition) is 4. The van der Waals surface area contributed by atoms with Crippen molar-refractivity contribution in [2.75, 3.05) is 6.54 Å². The third-order valence-corrected chi connectivity index (χ3v) is 4.85. The van der Waals surface area contributed by atoms with Gasteiger partial charge >= 0.3 is 0 Å². The molecular weight excluding hydrogens is 389 g/mol. The normalized spacial score (nSPS) is 12.1. The number of hydrogen-bond donors (Lipinski definition) is 1. The van der Waals surface area contributed by atoms with Gasteiger partial charge in [0, 0.05) is 22.7 Å². The van der Waals surface area contributed by atoms with E-state index in [0.29, 0.717) is 28.9 Å². The Bertz CT molecular complexity index is 1070. The zero-order valence-corrected chi connectivity index (χ0v) is 16.3. The number of rotatable bonds is 7. The molecule has 3 aromatic carbocycles. The molecule has 4 nitrogen and oxygen atoms in total. The molecular formula is C23H19ClFN3O. The lowest BCUT2D eigenvalue weighted by atomic mass is 10.1. The van der Waals surface area contributed by atoms with Gasteiger partial charge in [-0.2, -0.15) is 0 Å². The Hall–Kier alpha value is -3.02. The lowest BCUT2D eigenvalue weighted by molar-refractivity contribution is 0.430. The van der Waals surface area contributed by atoms with E-state index < -0.39 is 6.04 Å². The molecule has 0 radical (unpaired) electrons.